The Hall–Kier alpha value is -2.60. The number of methoxy groups -OCH3 is 3. The van der Waals surface area contributed by atoms with Gasteiger partial charge in [0.05, 0.1) is 21.3 Å². The van der Waals surface area contributed by atoms with E-state index in [1.165, 1.54) is 7.11 Å². The number of halogens is 1. The Morgan fingerprint density at radius 1 is 1.04 bits per heavy atom. The van der Waals surface area contributed by atoms with Crippen LogP contribution in [0.2, 0.25) is 5.02 Å². The summed E-state index contributed by atoms with van der Waals surface area (Å²) in [5.74, 6) is 1.90. The van der Waals surface area contributed by atoms with E-state index in [2.05, 4.69) is 5.32 Å². The van der Waals surface area contributed by atoms with Crippen molar-refractivity contribution in [2.75, 3.05) is 21.3 Å². The maximum absolute atomic E-state index is 12.5. The van der Waals surface area contributed by atoms with Gasteiger partial charge in [-0.2, -0.15) is 0 Å². The molecule has 2 rings (SSSR count). The monoisotopic (exact) mass is 407 g/mol. The molecule has 0 aliphatic rings. The van der Waals surface area contributed by atoms with E-state index in [0.717, 1.165) is 16.7 Å². The summed E-state index contributed by atoms with van der Waals surface area (Å²) >= 11 is 6.18. The molecule has 0 saturated heterocycles. The first-order chi connectivity index (χ1) is 13.3. The van der Waals surface area contributed by atoms with Gasteiger partial charge in [-0.25, -0.2) is 0 Å². The van der Waals surface area contributed by atoms with Crippen LogP contribution in [0.15, 0.2) is 24.3 Å². The lowest BCUT2D eigenvalue weighted by Crippen LogP contribution is -2.36. The van der Waals surface area contributed by atoms with Gasteiger partial charge in [0.2, 0.25) is 5.75 Å². The topological polar surface area (TPSA) is 66.0 Å². The van der Waals surface area contributed by atoms with Crippen molar-refractivity contribution in [3.63, 3.8) is 0 Å². The largest absolute Gasteiger partial charge is 0.493 e. The number of ether oxygens (including phenoxy) is 4. The van der Waals surface area contributed by atoms with E-state index in [1.54, 1.807) is 27.2 Å². The SMILES string of the molecule is COc1ccc(CNC(=O)C(C)Oc2cc(C)c(Cl)c(C)c2)c(OC)c1OC. The van der Waals surface area contributed by atoms with Gasteiger partial charge in [0.25, 0.3) is 5.91 Å². The van der Waals surface area contributed by atoms with Crippen molar-refractivity contribution in [3.8, 4) is 23.0 Å². The lowest BCUT2D eigenvalue weighted by atomic mass is 10.1. The van der Waals surface area contributed by atoms with Crippen LogP contribution in [0.25, 0.3) is 0 Å². The zero-order chi connectivity index (χ0) is 20.8. The van der Waals surface area contributed by atoms with Gasteiger partial charge in [0.1, 0.15) is 5.75 Å². The molecule has 28 heavy (non-hydrogen) atoms. The lowest BCUT2D eigenvalue weighted by molar-refractivity contribution is -0.127. The normalized spacial score (nSPS) is 11.5. The van der Waals surface area contributed by atoms with E-state index in [4.69, 9.17) is 30.5 Å². The average molecular weight is 408 g/mol. The Bertz CT molecular complexity index is 830. The molecule has 2 aromatic carbocycles. The molecule has 0 radical (unpaired) electrons. The van der Waals surface area contributed by atoms with Gasteiger partial charge in [-0.05, 0) is 56.2 Å². The van der Waals surface area contributed by atoms with E-state index in [1.807, 2.05) is 32.0 Å². The molecule has 1 atom stereocenters. The van der Waals surface area contributed by atoms with Crippen LogP contribution in [-0.4, -0.2) is 33.3 Å². The first-order valence-corrected chi connectivity index (χ1v) is 9.19. The van der Waals surface area contributed by atoms with Gasteiger partial charge < -0.3 is 24.3 Å². The number of rotatable bonds is 8. The molecule has 152 valence electrons. The highest BCUT2D eigenvalue weighted by Crippen LogP contribution is 2.39. The number of amides is 1. The molecule has 1 amide bonds. The van der Waals surface area contributed by atoms with Crippen molar-refractivity contribution in [1.82, 2.24) is 5.32 Å². The second-order valence-electron chi connectivity index (χ2n) is 6.34. The summed E-state index contributed by atoms with van der Waals surface area (Å²) in [6.07, 6.45) is -0.675. The van der Waals surface area contributed by atoms with Gasteiger partial charge in [0.15, 0.2) is 17.6 Å². The zero-order valence-corrected chi connectivity index (χ0v) is 17.8. The fraction of sp³-hybridized carbons (Fsp3) is 0.381. The fourth-order valence-electron chi connectivity index (χ4n) is 2.86. The van der Waals surface area contributed by atoms with E-state index < -0.39 is 6.10 Å². The molecule has 0 heterocycles. The van der Waals surface area contributed by atoms with Crippen molar-refractivity contribution >= 4 is 17.5 Å². The predicted molar refractivity (Wildman–Crippen MR) is 109 cm³/mol. The molecule has 2 aromatic rings. The van der Waals surface area contributed by atoms with Gasteiger partial charge in [0, 0.05) is 17.1 Å². The number of carbonyl (C=O) groups excluding carboxylic acids is 1. The minimum absolute atomic E-state index is 0.248. The van der Waals surface area contributed by atoms with Crippen molar-refractivity contribution < 1.29 is 23.7 Å². The number of nitrogens with one attached hydrogen (secondary N) is 1. The summed E-state index contributed by atoms with van der Waals surface area (Å²) in [6, 6.07) is 7.22. The Labute approximate surface area is 170 Å². The summed E-state index contributed by atoms with van der Waals surface area (Å²) in [5.41, 5.74) is 2.57. The van der Waals surface area contributed by atoms with E-state index in [0.29, 0.717) is 28.0 Å². The second-order valence-corrected chi connectivity index (χ2v) is 6.72. The quantitative estimate of drug-likeness (QED) is 0.714. The first kappa shape index (κ1) is 21.7. The van der Waals surface area contributed by atoms with E-state index >= 15 is 0 Å². The van der Waals surface area contributed by atoms with E-state index in [9.17, 15) is 4.79 Å². The number of aryl methyl sites for hydroxylation is 2. The van der Waals surface area contributed by atoms with Crippen LogP contribution in [0.1, 0.15) is 23.6 Å². The van der Waals surface area contributed by atoms with Crippen LogP contribution in [-0.2, 0) is 11.3 Å². The number of carbonyl (C=O) groups is 1. The van der Waals surface area contributed by atoms with Crippen molar-refractivity contribution in [2.24, 2.45) is 0 Å². The predicted octanol–water partition coefficient (Wildman–Crippen LogP) is 4.07. The van der Waals surface area contributed by atoms with Crippen LogP contribution in [0.4, 0.5) is 0 Å². The fourth-order valence-corrected chi connectivity index (χ4v) is 2.97. The Morgan fingerprint density at radius 2 is 1.64 bits per heavy atom. The third-order valence-corrected chi connectivity index (χ3v) is 4.93. The molecular weight excluding hydrogens is 382 g/mol. The molecule has 0 spiro atoms. The minimum atomic E-state index is -0.675. The molecule has 0 aliphatic carbocycles. The summed E-state index contributed by atoms with van der Waals surface area (Å²) in [6.45, 7) is 5.75. The first-order valence-electron chi connectivity index (χ1n) is 8.81. The van der Waals surface area contributed by atoms with Crippen LogP contribution >= 0.6 is 11.6 Å². The Kier molecular flexibility index (Phi) is 7.40. The number of hydrogen-bond donors (Lipinski definition) is 1. The van der Waals surface area contributed by atoms with Crippen molar-refractivity contribution in [2.45, 2.75) is 33.4 Å². The number of hydrogen-bond acceptors (Lipinski definition) is 5. The highest BCUT2D eigenvalue weighted by Gasteiger charge is 2.19. The molecule has 1 unspecified atom stereocenters. The average Bonchev–Trinajstić information content (AvgIpc) is 2.68. The minimum Gasteiger partial charge on any atom is -0.493 e. The summed E-state index contributed by atoms with van der Waals surface area (Å²) in [4.78, 5) is 12.5. The molecular formula is C21H26ClNO5. The van der Waals surface area contributed by atoms with Crippen molar-refractivity contribution in [1.29, 1.82) is 0 Å². The Balaban J connectivity index is 2.07. The van der Waals surface area contributed by atoms with Crippen molar-refractivity contribution in [3.05, 3.63) is 46.0 Å². The third-order valence-electron chi connectivity index (χ3n) is 4.33. The molecule has 0 bridgehead atoms. The van der Waals surface area contributed by atoms with Crippen LogP contribution in [0, 0.1) is 13.8 Å². The number of benzene rings is 2. The maximum Gasteiger partial charge on any atom is 0.261 e. The van der Waals surface area contributed by atoms with Crippen LogP contribution < -0.4 is 24.3 Å². The molecule has 1 N–H and O–H groups in total. The summed E-state index contributed by atoms with van der Waals surface area (Å²) in [7, 11) is 4.63. The third kappa shape index (κ3) is 4.81. The van der Waals surface area contributed by atoms with Gasteiger partial charge in [-0.15, -0.1) is 0 Å². The molecule has 0 aromatic heterocycles. The van der Waals surface area contributed by atoms with Crippen LogP contribution in [0.3, 0.4) is 0 Å². The molecule has 0 aliphatic heterocycles. The van der Waals surface area contributed by atoms with E-state index in [-0.39, 0.29) is 12.5 Å². The highest BCUT2D eigenvalue weighted by atomic mass is 35.5. The highest BCUT2D eigenvalue weighted by molar-refractivity contribution is 6.32. The zero-order valence-electron chi connectivity index (χ0n) is 17.0. The molecule has 0 saturated carbocycles. The second kappa shape index (κ2) is 9.55. The maximum atomic E-state index is 12.5. The smallest absolute Gasteiger partial charge is 0.261 e. The van der Waals surface area contributed by atoms with Gasteiger partial charge in [-0.1, -0.05) is 11.6 Å². The molecule has 7 heteroatoms. The lowest BCUT2D eigenvalue weighted by Gasteiger charge is -2.18. The Morgan fingerprint density at radius 3 is 2.18 bits per heavy atom. The van der Waals surface area contributed by atoms with Gasteiger partial charge >= 0.3 is 0 Å². The standard InChI is InChI=1S/C21H26ClNO5/c1-12-9-16(10-13(2)18(12)22)28-14(3)21(24)23-11-15-7-8-17(25-4)20(27-6)19(15)26-5/h7-10,14H,11H2,1-6H3,(H,23,24). The summed E-state index contributed by atoms with van der Waals surface area (Å²) in [5, 5.41) is 3.56. The summed E-state index contributed by atoms with van der Waals surface area (Å²) < 4.78 is 21.8. The van der Waals surface area contributed by atoms with Gasteiger partial charge in [-0.3, -0.25) is 4.79 Å². The van der Waals surface area contributed by atoms with Crippen LogP contribution in [0.5, 0.6) is 23.0 Å². The molecule has 6 nitrogen and oxygen atoms in total. The molecule has 0 fully saturated rings.